The minimum absolute atomic E-state index is 0.00196. The summed E-state index contributed by atoms with van der Waals surface area (Å²) in [5.74, 6) is 0. The molecule has 16 heteroatoms. The van der Waals surface area contributed by atoms with Gasteiger partial charge in [0, 0.05) is 78.2 Å². The van der Waals surface area contributed by atoms with Crippen molar-refractivity contribution in [3.63, 3.8) is 0 Å². The van der Waals surface area contributed by atoms with Crippen LogP contribution in [0.25, 0.3) is 0 Å². The fourth-order valence-electron chi connectivity index (χ4n) is 5.96. The van der Waals surface area contributed by atoms with E-state index < -0.39 is 85.8 Å². The summed E-state index contributed by atoms with van der Waals surface area (Å²) in [4.78, 5) is 11.6. The van der Waals surface area contributed by atoms with Gasteiger partial charge in [-0.05, 0) is 0 Å². The van der Waals surface area contributed by atoms with Gasteiger partial charge in [0.05, 0.1) is 19.8 Å². The van der Waals surface area contributed by atoms with Crippen molar-refractivity contribution in [3.05, 3.63) is 0 Å². The molecule has 2 aliphatic heterocycles. The minimum atomic E-state index is -0.947. The summed E-state index contributed by atoms with van der Waals surface area (Å²) < 4.78 is 87.1. The fourth-order valence-corrected chi connectivity index (χ4v) is 5.96. The van der Waals surface area contributed by atoms with Gasteiger partial charge in [-0.15, -0.1) is 0 Å². The second kappa shape index (κ2) is 21.1. The van der Waals surface area contributed by atoms with Crippen LogP contribution in [0.3, 0.4) is 0 Å². The third kappa shape index (κ3) is 9.81. The Bertz CT molecular complexity index is 793. The van der Waals surface area contributed by atoms with Crippen LogP contribution < -0.4 is 0 Å². The van der Waals surface area contributed by atoms with Gasteiger partial charge in [0.1, 0.15) is 73.2 Å². The monoisotopic (exact) mass is 658 g/mol. The summed E-state index contributed by atoms with van der Waals surface area (Å²) >= 11 is 0. The lowest BCUT2D eigenvalue weighted by Crippen LogP contribution is -2.63. The van der Waals surface area contributed by atoms with E-state index in [9.17, 15) is 4.79 Å². The molecule has 0 radical (unpaired) electrons. The van der Waals surface area contributed by atoms with E-state index >= 15 is 0 Å². The van der Waals surface area contributed by atoms with Crippen molar-refractivity contribution in [2.45, 2.75) is 85.8 Å². The van der Waals surface area contributed by atoms with Crippen molar-refractivity contribution in [2.24, 2.45) is 0 Å². The number of methoxy groups -OCH3 is 11. The van der Waals surface area contributed by atoms with Crippen LogP contribution >= 0.6 is 0 Å². The standard InChI is InChI=1S/C29H54O16/c1-31-13-18-22(36-6)24(38-8)26(40-10)29(44-18)43-15-19-23(37-7)25(39-9)27(41-11)28(45-19)42-14-17(33-3)21(35-5)20(34-4)16(12-30)32-2/h12,16-29H,13-15H2,1-11H3/t16-,17+,18+,19+,20+,21-,22-,23-,24-,25-,26+,27+,28+,29+/m0/s1. The average Bonchev–Trinajstić information content (AvgIpc) is 3.07. The van der Waals surface area contributed by atoms with Crippen molar-refractivity contribution in [3.8, 4) is 0 Å². The Morgan fingerprint density at radius 1 is 0.533 bits per heavy atom. The molecule has 16 nitrogen and oxygen atoms in total. The first-order chi connectivity index (χ1) is 21.8. The highest BCUT2D eigenvalue weighted by Gasteiger charge is 2.51. The first kappa shape index (κ1) is 40.2. The third-order valence-electron chi connectivity index (χ3n) is 8.26. The predicted molar refractivity (Wildman–Crippen MR) is 155 cm³/mol. The molecule has 2 heterocycles. The van der Waals surface area contributed by atoms with Gasteiger partial charge in [0.15, 0.2) is 18.9 Å². The highest BCUT2D eigenvalue weighted by molar-refractivity contribution is 5.57. The van der Waals surface area contributed by atoms with Gasteiger partial charge >= 0.3 is 0 Å². The number of ether oxygens (including phenoxy) is 15. The number of hydrogen-bond acceptors (Lipinski definition) is 16. The zero-order valence-corrected chi connectivity index (χ0v) is 28.3. The lowest BCUT2D eigenvalue weighted by molar-refractivity contribution is -0.343. The summed E-state index contributed by atoms with van der Waals surface area (Å²) in [5, 5.41) is 0. The molecule has 45 heavy (non-hydrogen) atoms. The maximum atomic E-state index is 11.6. The molecule has 0 aromatic rings. The summed E-state index contributed by atoms with van der Waals surface area (Å²) in [6.07, 6.45) is -8.93. The molecule has 0 aromatic carbocycles. The summed E-state index contributed by atoms with van der Waals surface area (Å²) in [6.45, 7) is 0.222. The average molecular weight is 659 g/mol. The lowest BCUT2D eigenvalue weighted by Gasteiger charge is -2.47. The molecule has 266 valence electrons. The Morgan fingerprint density at radius 3 is 1.38 bits per heavy atom. The van der Waals surface area contributed by atoms with E-state index in [-0.39, 0.29) is 19.8 Å². The van der Waals surface area contributed by atoms with E-state index in [1.807, 2.05) is 0 Å². The minimum Gasteiger partial charge on any atom is -0.382 e. The van der Waals surface area contributed by atoms with Crippen LogP contribution in [0.4, 0.5) is 0 Å². The van der Waals surface area contributed by atoms with Crippen LogP contribution in [0.1, 0.15) is 0 Å². The summed E-state index contributed by atoms with van der Waals surface area (Å²) in [6, 6.07) is 0. The first-order valence-corrected chi connectivity index (χ1v) is 14.6. The zero-order valence-electron chi connectivity index (χ0n) is 28.3. The lowest BCUT2D eigenvalue weighted by atomic mass is 9.97. The fraction of sp³-hybridized carbons (Fsp3) is 0.966. The van der Waals surface area contributed by atoms with Crippen molar-refractivity contribution in [1.29, 1.82) is 0 Å². The largest absolute Gasteiger partial charge is 0.382 e. The second-order valence-electron chi connectivity index (χ2n) is 10.4. The Hall–Kier alpha value is -0.930. The molecular weight excluding hydrogens is 604 g/mol. The molecule has 2 aliphatic rings. The normalized spacial score (nSPS) is 35.1. The predicted octanol–water partition coefficient (Wildman–Crippen LogP) is -0.535. The van der Waals surface area contributed by atoms with Crippen LogP contribution in [0.15, 0.2) is 0 Å². The summed E-state index contributed by atoms with van der Waals surface area (Å²) in [7, 11) is 16.7. The number of hydrogen-bond donors (Lipinski definition) is 0. The molecule has 0 spiro atoms. The Labute approximate surface area is 266 Å². The van der Waals surface area contributed by atoms with E-state index in [1.54, 1.807) is 42.7 Å². The number of carbonyl (C=O) groups is 1. The van der Waals surface area contributed by atoms with Gasteiger partial charge < -0.3 is 75.8 Å². The second-order valence-corrected chi connectivity index (χ2v) is 10.4. The Kier molecular flexibility index (Phi) is 18.9. The van der Waals surface area contributed by atoms with Crippen molar-refractivity contribution in [1.82, 2.24) is 0 Å². The smallest absolute Gasteiger partial charge is 0.187 e. The molecule has 0 unspecified atom stereocenters. The molecule has 2 saturated heterocycles. The van der Waals surface area contributed by atoms with Crippen LogP contribution in [-0.4, -0.2) is 190 Å². The van der Waals surface area contributed by atoms with E-state index in [1.165, 1.54) is 35.5 Å². The topological polar surface area (TPSA) is 156 Å². The Balaban J connectivity index is 2.26. The van der Waals surface area contributed by atoms with Gasteiger partial charge in [-0.1, -0.05) is 0 Å². The summed E-state index contributed by atoms with van der Waals surface area (Å²) in [5.41, 5.74) is 0. The maximum absolute atomic E-state index is 11.6. The molecule has 0 aromatic heterocycles. The van der Waals surface area contributed by atoms with Crippen LogP contribution in [0.5, 0.6) is 0 Å². The molecule has 0 bridgehead atoms. The van der Waals surface area contributed by atoms with E-state index in [2.05, 4.69) is 0 Å². The molecule has 2 rings (SSSR count). The van der Waals surface area contributed by atoms with E-state index in [0.717, 1.165) is 0 Å². The third-order valence-corrected chi connectivity index (χ3v) is 8.26. The van der Waals surface area contributed by atoms with Gasteiger partial charge in [0.25, 0.3) is 0 Å². The maximum Gasteiger partial charge on any atom is 0.187 e. The highest BCUT2D eigenvalue weighted by Crippen LogP contribution is 2.32. The van der Waals surface area contributed by atoms with E-state index in [0.29, 0.717) is 6.29 Å². The van der Waals surface area contributed by atoms with Crippen molar-refractivity contribution < 1.29 is 75.8 Å². The van der Waals surface area contributed by atoms with Crippen molar-refractivity contribution in [2.75, 3.05) is 98.0 Å². The van der Waals surface area contributed by atoms with Crippen LogP contribution in [0.2, 0.25) is 0 Å². The van der Waals surface area contributed by atoms with Crippen LogP contribution in [0, 0.1) is 0 Å². The molecule has 0 saturated carbocycles. The number of carbonyl (C=O) groups excluding carboxylic acids is 1. The highest BCUT2D eigenvalue weighted by atomic mass is 16.8. The Morgan fingerprint density at radius 2 is 1.00 bits per heavy atom. The van der Waals surface area contributed by atoms with Gasteiger partial charge in [0.2, 0.25) is 0 Å². The SMILES string of the molecule is COC[C@H]1O[C@@H](OC[C@H]2O[C@@H](OC[C@@H](OC)[C@H](OC)[C@H](OC)[C@H](C=O)OC)[C@H](OC)[C@@H](OC)[C@H]2OC)[C@H](OC)[C@@H](OC)[C@H]1OC. The molecule has 2 fully saturated rings. The number of rotatable bonds is 22. The molecule has 0 N–H and O–H groups in total. The van der Waals surface area contributed by atoms with E-state index in [4.69, 9.17) is 71.1 Å². The number of aldehydes is 1. The molecular formula is C29H54O16. The zero-order chi connectivity index (χ0) is 33.5. The van der Waals surface area contributed by atoms with Gasteiger partial charge in [-0.3, -0.25) is 0 Å². The van der Waals surface area contributed by atoms with Gasteiger partial charge in [-0.25, -0.2) is 0 Å². The van der Waals surface area contributed by atoms with Gasteiger partial charge in [-0.2, -0.15) is 0 Å². The molecule has 0 aliphatic carbocycles. The molecule has 0 amide bonds. The quantitative estimate of drug-likeness (QED) is 0.137. The first-order valence-electron chi connectivity index (χ1n) is 14.6. The van der Waals surface area contributed by atoms with Crippen molar-refractivity contribution >= 4 is 6.29 Å². The molecule has 14 atom stereocenters. The van der Waals surface area contributed by atoms with Crippen LogP contribution in [-0.2, 0) is 75.8 Å².